The van der Waals surface area contributed by atoms with Crippen molar-refractivity contribution in [2.45, 2.75) is 83.3 Å². The molecule has 1 fully saturated rings. The quantitative estimate of drug-likeness (QED) is 0.522. The molecule has 1 saturated carbocycles. The first kappa shape index (κ1) is 17.4. The van der Waals surface area contributed by atoms with E-state index in [9.17, 15) is 4.79 Å². The highest BCUT2D eigenvalue weighted by molar-refractivity contribution is 5.81. The Balaban J connectivity index is 2.23. The van der Waals surface area contributed by atoms with E-state index in [2.05, 4.69) is 0 Å². The summed E-state index contributed by atoms with van der Waals surface area (Å²) in [4.78, 5) is 12.2. The van der Waals surface area contributed by atoms with Gasteiger partial charge in [0.25, 0.3) is 0 Å². The SMILES string of the molecule is CC(C)(C)OC(=O)C1(OCCCCCCCO)CCC1. The summed E-state index contributed by atoms with van der Waals surface area (Å²) >= 11 is 0. The molecule has 0 unspecified atom stereocenters. The maximum absolute atomic E-state index is 12.2. The van der Waals surface area contributed by atoms with E-state index in [1.807, 2.05) is 20.8 Å². The number of carbonyl (C=O) groups is 1. The van der Waals surface area contributed by atoms with Gasteiger partial charge in [-0.3, -0.25) is 0 Å². The molecule has 4 nitrogen and oxygen atoms in total. The molecule has 0 amide bonds. The lowest BCUT2D eigenvalue weighted by molar-refractivity contribution is -0.196. The van der Waals surface area contributed by atoms with Crippen molar-refractivity contribution in [1.29, 1.82) is 0 Å². The van der Waals surface area contributed by atoms with Crippen LogP contribution in [-0.4, -0.2) is 35.5 Å². The minimum Gasteiger partial charge on any atom is -0.458 e. The van der Waals surface area contributed by atoms with Crippen LogP contribution in [0.1, 0.15) is 72.1 Å². The molecule has 0 aromatic rings. The van der Waals surface area contributed by atoms with Gasteiger partial charge in [0.1, 0.15) is 5.60 Å². The third-order valence-electron chi connectivity index (χ3n) is 3.61. The van der Waals surface area contributed by atoms with Gasteiger partial charge < -0.3 is 14.6 Å². The molecular formula is C16H30O4. The fourth-order valence-corrected chi connectivity index (χ4v) is 2.29. The summed E-state index contributed by atoms with van der Waals surface area (Å²) in [5.74, 6) is -0.198. The normalized spacial score (nSPS) is 17.6. The Kier molecular flexibility index (Phi) is 6.96. The standard InChI is InChI=1S/C16H30O4/c1-15(2,3)20-14(18)16(10-9-11-16)19-13-8-6-4-5-7-12-17/h17H,4-13H2,1-3H3. The number of aliphatic hydroxyl groups is 1. The van der Waals surface area contributed by atoms with Gasteiger partial charge in [-0.1, -0.05) is 19.3 Å². The van der Waals surface area contributed by atoms with Crippen LogP contribution in [0.2, 0.25) is 0 Å². The third kappa shape index (κ3) is 5.80. The largest absolute Gasteiger partial charge is 0.458 e. The Bertz CT molecular complexity index is 289. The van der Waals surface area contributed by atoms with Crippen LogP contribution in [0.5, 0.6) is 0 Å². The second kappa shape index (κ2) is 7.99. The van der Waals surface area contributed by atoms with Crippen molar-refractivity contribution in [1.82, 2.24) is 0 Å². The zero-order chi connectivity index (χ0) is 15.1. The second-order valence-corrected chi connectivity index (χ2v) is 6.69. The van der Waals surface area contributed by atoms with E-state index in [4.69, 9.17) is 14.6 Å². The van der Waals surface area contributed by atoms with Crippen molar-refractivity contribution in [3.8, 4) is 0 Å². The van der Waals surface area contributed by atoms with Crippen molar-refractivity contribution in [2.75, 3.05) is 13.2 Å². The van der Waals surface area contributed by atoms with Crippen LogP contribution in [0.25, 0.3) is 0 Å². The molecular weight excluding hydrogens is 256 g/mol. The van der Waals surface area contributed by atoms with Crippen LogP contribution in [0, 0.1) is 0 Å². The van der Waals surface area contributed by atoms with Crippen molar-refractivity contribution in [3.05, 3.63) is 0 Å². The average Bonchev–Trinajstić information content (AvgIpc) is 2.28. The first-order valence-electron chi connectivity index (χ1n) is 7.88. The first-order valence-corrected chi connectivity index (χ1v) is 7.88. The van der Waals surface area contributed by atoms with Gasteiger partial charge in [-0.2, -0.15) is 0 Å². The van der Waals surface area contributed by atoms with E-state index in [-0.39, 0.29) is 12.6 Å². The molecule has 0 saturated heterocycles. The topological polar surface area (TPSA) is 55.8 Å². The van der Waals surface area contributed by atoms with Crippen LogP contribution in [0.4, 0.5) is 0 Å². The lowest BCUT2D eigenvalue weighted by Crippen LogP contribution is -2.51. The molecule has 0 spiro atoms. The number of esters is 1. The van der Waals surface area contributed by atoms with Crippen LogP contribution in [0.15, 0.2) is 0 Å². The first-order chi connectivity index (χ1) is 9.40. The van der Waals surface area contributed by atoms with Crippen LogP contribution < -0.4 is 0 Å². The minimum absolute atomic E-state index is 0.198. The molecule has 118 valence electrons. The van der Waals surface area contributed by atoms with Gasteiger partial charge in [0.15, 0.2) is 5.60 Å². The van der Waals surface area contributed by atoms with Crippen LogP contribution in [-0.2, 0) is 14.3 Å². The fraction of sp³-hybridized carbons (Fsp3) is 0.938. The average molecular weight is 286 g/mol. The Morgan fingerprint density at radius 1 is 1.10 bits per heavy atom. The van der Waals surface area contributed by atoms with E-state index in [0.29, 0.717) is 6.61 Å². The van der Waals surface area contributed by atoms with Crippen molar-refractivity contribution in [3.63, 3.8) is 0 Å². The van der Waals surface area contributed by atoms with E-state index in [0.717, 1.165) is 51.4 Å². The van der Waals surface area contributed by atoms with Gasteiger partial charge in [-0.25, -0.2) is 4.79 Å². The molecule has 0 aromatic carbocycles. The van der Waals surface area contributed by atoms with Crippen molar-refractivity contribution in [2.24, 2.45) is 0 Å². The summed E-state index contributed by atoms with van der Waals surface area (Å²) in [6.45, 7) is 6.56. The maximum Gasteiger partial charge on any atom is 0.338 e. The summed E-state index contributed by atoms with van der Waals surface area (Å²) in [5, 5.41) is 8.69. The number of hydrogen-bond donors (Lipinski definition) is 1. The number of aliphatic hydroxyl groups excluding tert-OH is 1. The van der Waals surface area contributed by atoms with E-state index in [1.54, 1.807) is 0 Å². The highest BCUT2D eigenvalue weighted by atomic mass is 16.6. The molecule has 1 rings (SSSR count). The van der Waals surface area contributed by atoms with Crippen LogP contribution in [0.3, 0.4) is 0 Å². The van der Waals surface area contributed by atoms with Gasteiger partial charge in [-0.05, 0) is 52.9 Å². The molecule has 0 bridgehead atoms. The molecule has 0 heterocycles. The number of hydrogen-bond acceptors (Lipinski definition) is 4. The second-order valence-electron chi connectivity index (χ2n) is 6.69. The van der Waals surface area contributed by atoms with Gasteiger partial charge in [0.2, 0.25) is 0 Å². The molecule has 0 radical (unpaired) electrons. The molecule has 1 N–H and O–H groups in total. The molecule has 1 aliphatic carbocycles. The molecule has 0 atom stereocenters. The zero-order valence-electron chi connectivity index (χ0n) is 13.2. The van der Waals surface area contributed by atoms with Crippen molar-refractivity contribution >= 4 is 5.97 Å². The Morgan fingerprint density at radius 2 is 1.70 bits per heavy atom. The smallest absolute Gasteiger partial charge is 0.338 e. The highest BCUT2D eigenvalue weighted by Crippen LogP contribution is 2.38. The fourth-order valence-electron chi connectivity index (χ4n) is 2.29. The molecule has 4 heteroatoms. The molecule has 0 aromatic heterocycles. The monoisotopic (exact) mass is 286 g/mol. The van der Waals surface area contributed by atoms with Crippen LogP contribution >= 0.6 is 0 Å². The predicted molar refractivity (Wildman–Crippen MR) is 78.5 cm³/mol. The van der Waals surface area contributed by atoms with E-state index >= 15 is 0 Å². The van der Waals surface area contributed by atoms with Crippen molar-refractivity contribution < 1.29 is 19.4 Å². The Labute approximate surface area is 122 Å². The summed E-state index contributed by atoms with van der Waals surface area (Å²) in [7, 11) is 0. The lowest BCUT2D eigenvalue weighted by Gasteiger charge is -2.40. The summed E-state index contributed by atoms with van der Waals surface area (Å²) < 4.78 is 11.3. The van der Waals surface area contributed by atoms with Gasteiger partial charge >= 0.3 is 5.97 Å². The minimum atomic E-state index is -0.668. The lowest BCUT2D eigenvalue weighted by atomic mass is 9.80. The number of rotatable bonds is 9. The van der Waals surface area contributed by atoms with E-state index < -0.39 is 11.2 Å². The Hall–Kier alpha value is -0.610. The summed E-state index contributed by atoms with van der Waals surface area (Å²) in [5.41, 5.74) is -1.12. The predicted octanol–water partition coefficient (Wildman–Crippen LogP) is 3.21. The van der Waals surface area contributed by atoms with E-state index in [1.165, 1.54) is 0 Å². The molecule has 20 heavy (non-hydrogen) atoms. The molecule has 0 aliphatic heterocycles. The number of unbranched alkanes of at least 4 members (excludes halogenated alkanes) is 4. The summed E-state index contributed by atoms with van der Waals surface area (Å²) in [6.07, 6.45) is 7.72. The summed E-state index contributed by atoms with van der Waals surface area (Å²) in [6, 6.07) is 0. The third-order valence-corrected chi connectivity index (χ3v) is 3.61. The number of carbonyl (C=O) groups excluding carboxylic acids is 1. The number of ether oxygens (including phenoxy) is 2. The maximum atomic E-state index is 12.2. The van der Waals surface area contributed by atoms with Gasteiger partial charge in [0.05, 0.1) is 0 Å². The Morgan fingerprint density at radius 3 is 2.20 bits per heavy atom. The molecule has 1 aliphatic rings. The van der Waals surface area contributed by atoms with Gasteiger partial charge in [-0.15, -0.1) is 0 Å². The zero-order valence-corrected chi connectivity index (χ0v) is 13.2. The van der Waals surface area contributed by atoms with Gasteiger partial charge in [0, 0.05) is 13.2 Å². The highest BCUT2D eigenvalue weighted by Gasteiger charge is 2.47.